The Labute approximate surface area is 79.7 Å². The van der Waals surface area contributed by atoms with Crippen molar-refractivity contribution >= 4 is 11.8 Å². The zero-order valence-electron chi connectivity index (χ0n) is 8.31. The Morgan fingerprint density at radius 2 is 2.08 bits per heavy atom. The predicted molar refractivity (Wildman–Crippen MR) is 55.4 cm³/mol. The smallest absolute Gasteiger partial charge is 0.0673 e. The van der Waals surface area contributed by atoms with Crippen LogP contribution in [0, 0.1) is 5.41 Å². The van der Waals surface area contributed by atoms with E-state index in [9.17, 15) is 0 Å². The second kappa shape index (κ2) is 2.65. The lowest BCUT2D eigenvalue weighted by Crippen LogP contribution is -2.45. The van der Waals surface area contributed by atoms with Crippen LogP contribution in [0.1, 0.15) is 40.0 Å². The van der Waals surface area contributed by atoms with Crippen molar-refractivity contribution < 1.29 is 0 Å². The van der Waals surface area contributed by atoms with Crippen LogP contribution in [-0.2, 0) is 0 Å². The third kappa shape index (κ3) is 1.20. The van der Waals surface area contributed by atoms with Gasteiger partial charge in [0, 0.05) is 11.8 Å². The molecule has 1 saturated heterocycles. The highest BCUT2D eigenvalue weighted by Gasteiger charge is 2.55. The molecule has 2 atom stereocenters. The molecule has 1 saturated carbocycles. The van der Waals surface area contributed by atoms with E-state index >= 15 is 0 Å². The van der Waals surface area contributed by atoms with E-state index in [0.29, 0.717) is 10.3 Å². The average molecular weight is 185 g/mol. The summed E-state index contributed by atoms with van der Waals surface area (Å²) in [5, 5.41) is 3.78. The van der Waals surface area contributed by atoms with E-state index < -0.39 is 0 Å². The predicted octanol–water partition coefficient (Wildman–Crippen LogP) is 2.62. The van der Waals surface area contributed by atoms with Gasteiger partial charge in [0.1, 0.15) is 0 Å². The second-order valence-electron chi connectivity index (χ2n) is 4.65. The first-order chi connectivity index (χ1) is 5.60. The summed E-state index contributed by atoms with van der Waals surface area (Å²) in [5.41, 5.74) is 0.599. The molecular formula is C10H19NS. The zero-order valence-corrected chi connectivity index (χ0v) is 9.13. The molecule has 2 aliphatic rings. The molecule has 1 heterocycles. The minimum Gasteiger partial charge on any atom is -0.299 e. The molecule has 2 fully saturated rings. The molecule has 0 aromatic carbocycles. The van der Waals surface area contributed by atoms with Gasteiger partial charge in [-0.25, -0.2) is 0 Å². The molecule has 0 bridgehead atoms. The number of nitrogens with one attached hydrogen (secondary N) is 1. The third-order valence-corrected chi connectivity index (χ3v) is 5.45. The molecule has 0 aromatic rings. The molecule has 0 spiro atoms. The largest absolute Gasteiger partial charge is 0.299 e. The minimum atomic E-state index is 0.383. The zero-order chi connectivity index (χ0) is 8.82. The molecule has 0 amide bonds. The van der Waals surface area contributed by atoms with Crippen molar-refractivity contribution in [1.29, 1.82) is 0 Å². The molecule has 1 aliphatic carbocycles. The van der Waals surface area contributed by atoms with Crippen molar-refractivity contribution in [3.8, 4) is 0 Å². The van der Waals surface area contributed by atoms with Crippen LogP contribution in [0.5, 0.6) is 0 Å². The van der Waals surface area contributed by atoms with Gasteiger partial charge < -0.3 is 0 Å². The van der Waals surface area contributed by atoms with E-state index in [1.54, 1.807) is 0 Å². The highest BCUT2D eigenvalue weighted by Crippen LogP contribution is 2.59. The fourth-order valence-electron chi connectivity index (χ4n) is 1.97. The summed E-state index contributed by atoms with van der Waals surface area (Å²) in [6, 6.07) is 0.762. The van der Waals surface area contributed by atoms with Crippen molar-refractivity contribution in [1.82, 2.24) is 5.32 Å². The molecule has 70 valence electrons. The van der Waals surface area contributed by atoms with E-state index in [4.69, 9.17) is 0 Å². The standard InChI is InChI=1S/C10H19NS/c1-4-8-7-12-10(3,11-8)9(2)5-6-9/h8,11H,4-7H2,1-3H3. The van der Waals surface area contributed by atoms with Crippen LogP contribution >= 0.6 is 11.8 Å². The van der Waals surface area contributed by atoms with Crippen LogP contribution in [0.2, 0.25) is 0 Å². The monoisotopic (exact) mass is 185 g/mol. The fourth-order valence-corrected chi connectivity index (χ4v) is 3.63. The quantitative estimate of drug-likeness (QED) is 0.710. The maximum atomic E-state index is 3.78. The lowest BCUT2D eigenvalue weighted by molar-refractivity contribution is 0.328. The maximum absolute atomic E-state index is 3.78. The molecule has 12 heavy (non-hydrogen) atoms. The Bertz CT molecular complexity index is 188. The van der Waals surface area contributed by atoms with Gasteiger partial charge >= 0.3 is 0 Å². The molecule has 1 nitrogen and oxygen atoms in total. The highest BCUT2D eigenvalue weighted by atomic mass is 32.2. The van der Waals surface area contributed by atoms with Gasteiger partial charge in [-0.05, 0) is 31.6 Å². The van der Waals surface area contributed by atoms with E-state index in [0.717, 1.165) is 6.04 Å². The van der Waals surface area contributed by atoms with Crippen molar-refractivity contribution in [3.05, 3.63) is 0 Å². The summed E-state index contributed by atoms with van der Waals surface area (Å²) < 4.78 is 0. The molecule has 0 radical (unpaired) electrons. The van der Waals surface area contributed by atoms with Gasteiger partial charge in [0.05, 0.1) is 4.87 Å². The van der Waals surface area contributed by atoms with Crippen molar-refractivity contribution in [2.45, 2.75) is 50.9 Å². The fraction of sp³-hybridized carbons (Fsp3) is 1.00. The Hall–Kier alpha value is 0.310. The van der Waals surface area contributed by atoms with Crippen LogP contribution < -0.4 is 5.32 Å². The summed E-state index contributed by atoms with van der Waals surface area (Å²) in [4.78, 5) is 0.383. The molecule has 2 heteroatoms. The van der Waals surface area contributed by atoms with Crippen LogP contribution in [0.3, 0.4) is 0 Å². The summed E-state index contributed by atoms with van der Waals surface area (Å²) in [6.45, 7) is 7.09. The van der Waals surface area contributed by atoms with Crippen molar-refractivity contribution in [2.75, 3.05) is 5.75 Å². The van der Waals surface area contributed by atoms with E-state index in [-0.39, 0.29) is 0 Å². The van der Waals surface area contributed by atoms with Gasteiger partial charge in [0.25, 0.3) is 0 Å². The summed E-state index contributed by atoms with van der Waals surface area (Å²) in [7, 11) is 0. The van der Waals surface area contributed by atoms with Gasteiger partial charge in [-0.2, -0.15) is 0 Å². The van der Waals surface area contributed by atoms with E-state index in [1.165, 1.54) is 25.0 Å². The second-order valence-corrected chi connectivity index (χ2v) is 6.09. The Morgan fingerprint density at radius 1 is 1.42 bits per heavy atom. The maximum Gasteiger partial charge on any atom is 0.0673 e. The molecule has 0 aromatic heterocycles. The molecule has 1 N–H and O–H groups in total. The topological polar surface area (TPSA) is 12.0 Å². The van der Waals surface area contributed by atoms with Crippen LogP contribution in [0.25, 0.3) is 0 Å². The lowest BCUT2D eigenvalue weighted by atomic mass is 9.99. The number of hydrogen-bond donors (Lipinski definition) is 1. The van der Waals surface area contributed by atoms with Crippen molar-refractivity contribution in [3.63, 3.8) is 0 Å². The summed E-state index contributed by atoms with van der Waals surface area (Å²) in [5.74, 6) is 1.31. The number of rotatable bonds is 2. The highest BCUT2D eigenvalue weighted by molar-refractivity contribution is 8.00. The average Bonchev–Trinajstić information content (AvgIpc) is 2.66. The first-order valence-electron chi connectivity index (χ1n) is 5.01. The number of thioether (sulfide) groups is 1. The normalized spacial score (nSPS) is 44.8. The molecule has 1 aliphatic heterocycles. The minimum absolute atomic E-state index is 0.383. The van der Waals surface area contributed by atoms with Gasteiger partial charge in [-0.15, -0.1) is 11.8 Å². The van der Waals surface area contributed by atoms with Crippen LogP contribution in [-0.4, -0.2) is 16.7 Å². The van der Waals surface area contributed by atoms with Gasteiger partial charge in [-0.1, -0.05) is 13.8 Å². The molecule has 2 rings (SSSR count). The lowest BCUT2D eigenvalue weighted by Gasteiger charge is -2.32. The first-order valence-corrected chi connectivity index (χ1v) is 6.00. The third-order valence-electron chi connectivity index (χ3n) is 3.70. The van der Waals surface area contributed by atoms with Crippen LogP contribution in [0.15, 0.2) is 0 Å². The first kappa shape index (κ1) is 8.89. The number of hydrogen-bond acceptors (Lipinski definition) is 2. The van der Waals surface area contributed by atoms with Gasteiger partial charge in [-0.3, -0.25) is 5.32 Å². The van der Waals surface area contributed by atoms with Gasteiger partial charge in [0.15, 0.2) is 0 Å². The Kier molecular flexibility index (Phi) is 1.96. The van der Waals surface area contributed by atoms with Crippen LogP contribution in [0.4, 0.5) is 0 Å². The molecular weight excluding hydrogens is 166 g/mol. The Morgan fingerprint density at radius 3 is 2.50 bits per heavy atom. The summed E-state index contributed by atoms with van der Waals surface area (Å²) >= 11 is 2.14. The van der Waals surface area contributed by atoms with Crippen molar-refractivity contribution in [2.24, 2.45) is 5.41 Å². The van der Waals surface area contributed by atoms with E-state index in [1.807, 2.05) is 0 Å². The summed E-state index contributed by atoms with van der Waals surface area (Å²) in [6.07, 6.45) is 4.11. The van der Waals surface area contributed by atoms with E-state index in [2.05, 4.69) is 37.8 Å². The SMILES string of the molecule is CCC1CSC(C)(C2(C)CC2)N1. The van der Waals surface area contributed by atoms with Gasteiger partial charge in [0.2, 0.25) is 0 Å². The Balaban J connectivity index is 2.04. The molecule has 2 unspecified atom stereocenters.